The summed E-state index contributed by atoms with van der Waals surface area (Å²) in [6.07, 6.45) is 5.13. The van der Waals surface area contributed by atoms with Crippen molar-refractivity contribution < 1.29 is 24.2 Å². The Hall–Kier alpha value is -4.35. The Labute approximate surface area is 262 Å². The molecule has 3 fully saturated rings. The SMILES string of the molecule is C=CCN(Cn1nnc2ccccc21)C(=O)C1N(CCCO)C(=O)[C@@H]2[C@H](C(=O)N(CC=C)c3ccccc3)[C@]3(CC)CCC12O3. The van der Waals surface area contributed by atoms with Crippen LogP contribution in [0.3, 0.4) is 0 Å². The highest BCUT2D eigenvalue weighted by Crippen LogP contribution is 2.64. The predicted octanol–water partition coefficient (Wildman–Crippen LogP) is 3.16. The average Bonchev–Trinajstić information content (AvgIpc) is 3.79. The van der Waals surface area contributed by atoms with Crippen molar-refractivity contribution >= 4 is 34.4 Å². The molecule has 1 spiro atoms. The van der Waals surface area contributed by atoms with Crippen molar-refractivity contribution in [3.63, 3.8) is 0 Å². The van der Waals surface area contributed by atoms with Gasteiger partial charge in [-0.1, -0.05) is 54.6 Å². The monoisotopic (exact) mass is 612 g/mol. The van der Waals surface area contributed by atoms with Gasteiger partial charge in [-0.05, 0) is 49.9 Å². The minimum atomic E-state index is -1.19. The summed E-state index contributed by atoms with van der Waals surface area (Å²) in [7, 11) is 0. The van der Waals surface area contributed by atoms with Crippen LogP contribution in [-0.2, 0) is 25.8 Å². The molecule has 0 saturated carbocycles. The fourth-order valence-electron chi connectivity index (χ4n) is 7.81. The van der Waals surface area contributed by atoms with Gasteiger partial charge in [0.1, 0.15) is 23.8 Å². The number of ether oxygens (including phenoxy) is 1. The van der Waals surface area contributed by atoms with Gasteiger partial charge in [-0.3, -0.25) is 14.4 Å². The van der Waals surface area contributed by atoms with Gasteiger partial charge in [0.2, 0.25) is 17.7 Å². The number of nitrogens with zero attached hydrogens (tertiary/aromatic N) is 6. The van der Waals surface area contributed by atoms with Gasteiger partial charge in [0.15, 0.2) is 0 Å². The molecule has 45 heavy (non-hydrogen) atoms. The molecule has 3 aromatic rings. The molecule has 3 amide bonds. The molecule has 1 aromatic heterocycles. The normalized spacial score (nSPS) is 26.7. The molecule has 1 N–H and O–H groups in total. The molecule has 0 radical (unpaired) electrons. The fourth-order valence-corrected chi connectivity index (χ4v) is 7.81. The number of aromatic nitrogens is 3. The largest absolute Gasteiger partial charge is 0.396 e. The van der Waals surface area contributed by atoms with Gasteiger partial charge < -0.3 is 24.5 Å². The highest BCUT2D eigenvalue weighted by molar-refractivity contribution is 6.03. The Morgan fingerprint density at radius 3 is 2.51 bits per heavy atom. The van der Waals surface area contributed by atoms with Gasteiger partial charge in [0.05, 0.1) is 23.0 Å². The van der Waals surface area contributed by atoms with E-state index in [4.69, 9.17) is 4.74 Å². The van der Waals surface area contributed by atoms with Crippen LogP contribution in [-0.4, -0.2) is 91.1 Å². The van der Waals surface area contributed by atoms with E-state index in [1.807, 2.05) is 61.5 Å². The van der Waals surface area contributed by atoms with Crippen LogP contribution in [0.1, 0.15) is 32.6 Å². The van der Waals surface area contributed by atoms with Crippen molar-refractivity contribution in [1.82, 2.24) is 24.8 Å². The summed E-state index contributed by atoms with van der Waals surface area (Å²) in [6, 6.07) is 15.9. The van der Waals surface area contributed by atoms with Gasteiger partial charge in [-0.25, -0.2) is 4.68 Å². The highest BCUT2D eigenvalue weighted by atomic mass is 16.5. The number of anilines is 1. The molecule has 11 nitrogen and oxygen atoms in total. The van der Waals surface area contributed by atoms with Crippen LogP contribution in [0, 0.1) is 11.8 Å². The molecule has 3 saturated heterocycles. The van der Waals surface area contributed by atoms with E-state index >= 15 is 0 Å². The topological polar surface area (TPSA) is 121 Å². The Morgan fingerprint density at radius 1 is 1.07 bits per heavy atom. The van der Waals surface area contributed by atoms with Crippen LogP contribution in [0.25, 0.3) is 11.0 Å². The van der Waals surface area contributed by atoms with Gasteiger partial charge in [-0.15, -0.1) is 18.3 Å². The number of fused-ring (bicyclic) bond motifs is 2. The maximum Gasteiger partial charge on any atom is 0.250 e. The van der Waals surface area contributed by atoms with Crippen LogP contribution in [0.5, 0.6) is 0 Å². The summed E-state index contributed by atoms with van der Waals surface area (Å²) < 4.78 is 8.61. The minimum absolute atomic E-state index is 0.0903. The van der Waals surface area contributed by atoms with E-state index in [0.29, 0.717) is 30.5 Å². The second kappa shape index (κ2) is 12.2. The molecule has 2 unspecified atom stereocenters. The number of rotatable bonds is 13. The third-order valence-corrected chi connectivity index (χ3v) is 9.77. The molecule has 3 aliphatic heterocycles. The molecule has 2 bridgehead atoms. The number of carbonyl (C=O) groups excluding carboxylic acids is 3. The van der Waals surface area contributed by atoms with Crippen molar-refractivity contribution in [3.05, 3.63) is 79.9 Å². The molecule has 6 rings (SSSR count). The molecular weight excluding hydrogens is 572 g/mol. The Morgan fingerprint density at radius 2 is 1.80 bits per heavy atom. The quantitative estimate of drug-likeness (QED) is 0.295. The lowest BCUT2D eigenvalue weighted by Gasteiger charge is -2.37. The molecule has 3 aliphatic rings. The number of likely N-dealkylation sites (tertiary alicyclic amines) is 1. The van der Waals surface area contributed by atoms with Crippen molar-refractivity contribution in [2.75, 3.05) is 31.1 Å². The first-order chi connectivity index (χ1) is 21.9. The lowest BCUT2D eigenvalue weighted by molar-refractivity contribution is -0.153. The minimum Gasteiger partial charge on any atom is -0.396 e. The number of para-hydroxylation sites is 2. The summed E-state index contributed by atoms with van der Waals surface area (Å²) in [6.45, 7) is 10.3. The third-order valence-electron chi connectivity index (χ3n) is 9.77. The maximum absolute atomic E-state index is 14.7. The number of hydrogen-bond acceptors (Lipinski definition) is 7. The van der Waals surface area contributed by atoms with E-state index in [1.54, 1.807) is 31.5 Å². The summed E-state index contributed by atoms with van der Waals surface area (Å²) in [4.78, 5) is 48.7. The van der Waals surface area contributed by atoms with E-state index in [1.165, 1.54) is 0 Å². The van der Waals surface area contributed by atoms with Crippen LogP contribution < -0.4 is 4.90 Å². The second-order valence-corrected chi connectivity index (χ2v) is 12.1. The fraction of sp³-hybridized carbons (Fsp3) is 0.441. The Bertz CT molecular complexity index is 1610. The number of hydrogen-bond donors (Lipinski definition) is 1. The summed E-state index contributed by atoms with van der Waals surface area (Å²) in [5.41, 5.74) is 0.0953. The number of aliphatic hydroxyl groups is 1. The van der Waals surface area contributed by atoms with Crippen LogP contribution in [0.15, 0.2) is 79.9 Å². The lowest BCUT2D eigenvalue weighted by Crippen LogP contribution is -2.56. The number of amides is 3. The molecule has 236 valence electrons. The first kappa shape index (κ1) is 30.7. The van der Waals surface area contributed by atoms with Gasteiger partial charge in [0.25, 0.3) is 0 Å². The zero-order valence-corrected chi connectivity index (χ0v) is 25.6. The summed E-state index contributed by atoms with van der Waals surface area (Å²) in [5, 5.41) is 18.3. The van der Waals surface area contributed by atoms with E-state index in [-0.39, 0.29) is 57.1 Å². The summed E-state index contributed by atoms with van der Waals surface area (Å²) >= 11 is 0. The molecule has 2 aromatic carbocycles. The van der Waals surface area contributed by atoms with Crippen LogP contribution in [0.2, 0.25) is 0 Å². The van der Waals surface area contributed by atoms with E-state index in [2.05, 4.69) is 23.5 Å². The Balaban J connectivity index is 1.41. The van der Waals surface area contributed by atoms with Gasteiger partial charge in [0, 0.05) is 31.9 Å². The van der Waals surface area contributed by atoms with Crippen LogP contribution in [0.4, 0.5) is 5.69 Å². The van der Waals surface area contributed by atoms with Crippen molar-refractivity contribution in [3.8, 4) is 0 Å². The zero-order chi connectivity index (χ0) is 31.8. The maximum atomic E-state index is 14.7. The van der Waals surface area contributed by atoms with Gasteiger partial charge in [-0.2, -0.15) is 0 Å². The molecule has 0 aliphatic carbocycles. The van der Waals surface area contributed by atoms with E-state index in [0.717, 1.165) is 5.52 Å². The smallest absolute Gasteiger partial charge is 0.250 e. The molecule has 4 heterocycles. The lowest BCUT2D eigenvalue weighted by atomic mass is 9.64. The number of benzene rings is 2. The first-order valence-electron chi connectivity index (χ1n) is 15.6. The van der Waals surface area contributed by atoms with Crippen molar-refractivity contribution in [2.45, 2.75) is 56.5 Å². The van der Waals surface area contributed by atoms with Crippen LogP contribution >= 0.6 is 0 Å². The Kier molecular flexibility index (Phi) is 8.32. The first-order valence-corrected chi connectivity index (χ1v) is 15.6. The van der Waals surface area contributed by atoms with Crippen molar-refractivity contribution in [1.29, 1.82) is 0 Å². The number of aliphatic hydroxyl groups excluding tert-OH is 1. The summed E-state index contributed by atoms with van der Waals surface area (Å²) in [5.74, 6) is -2.44. The van der Waals surface area contributed by atoms with E-state index < -0.39 is 29.1 Å². The number of carbonyl (C=O) groups is 3. The molecular formula is C34H40N6O5. The van der Waals surface area contributed by atoms with Gasteiger partial charge >= 0.3 is 0 Å². The standard InChI is InChI=1S/C34H40N6O5/c1-4-19-37(23-40-26-16-11-10-15-25(26)35-36-40)32(44)29-34-18-17-33(6-3,45-34)27(28(34)31(43)39(29)21-12-22-41)30(42)38(20-5-2)24-13-8-7-9-14-24/h4-5,7-11,13-16,27-29,41H,1-2,6,12,17-23H2,3H3/t27-,28+,29?,33+,34?/m1/s1. The zero-order valence-electron chi connectivity index (χ0n) is 25.6. The molecule has 11 heteroatoms. The highest BCUT2D eigenvalue weighted by Gasteiger charge is 2.79. The van der Waals surface area contributed by atoms with Crippen molar-refractivity contribution in [2.24, 2.45) is 11.8 Å². The second-order valence-electron chi connectivity index (χ2n) is 12.1. The third kappa shape index (κ3) is 4.85. The van der Waals surface area contributed by atoms with E-state index in [9.17, 15) is 19.5 Å². The predicted molar refractivity (Wildman–Crippen MR) is 169 cm³/mol. The average molecular weight is 613 g/mol. The molecule has 5 atom stereocenters.